The summed E-state index contributed by atoms with van der Waals surface area (Å²) in [5, 5.41) is 10.4. The molecular formula is C16H25NO3S. The highest BCUT2D eigenvalue weighted by Crippen LogP contribution is 2.22. The average Bonchev–Trinajstić information content (AvgIpc) is 2.71. The molecule has 1 N–H and O–H groups in total. The zero-order chi connectivity index (χ0) is 15.6. The summed E-state index contributed by atoms with van der Waals surface area (Å²) in [5.74, 6) is 0.799. The highest BCUT2D eigenvalue weighted by Gasteiger charge is 2.28. The molecule has 0 radical (unpaired) electrons. The molecule has 1 aromatic carbocycles. The van der Waals surface area contributed by atoms with Gasteiger partial charge in [-0.15, -0.1) is 0 Å². The van der Waals surface area contributed by atoms with Crippen LogP contribution in [-0.2, 0) is 9.84 Å². The summed E-state index contributed by atoms with van der Waals surface area (Å²) in [4.78, 5) is 2.04. The molecule has 1 aliphatic heterocycles. The first-order valence-corrected chi connectivity index (χ1v) is 9.23. The molecule has 2 unspecified atom stereocenters. The van der Waals surface area contributed by atoms with Crippen LogP contribution in [0.2, 0.25) is 0 Å². The van der Waals surface area contributed by atoms with Crippen molar-refractivity contribution >= 4 is 9.84 Å². The lowest BCUT2D eigenvalue weighted by atomic mass is 10.00. The highest BCUT2D eigenvalue weighted by atomic mass is 32.2. The first kappa shape index (κ1) is 16.5. The molecule has 5 heteroatoms. The molecule has 1 heterocycles. The summed E-state index contributed by atoms with van der Waals surface area (Å²) < 4.78 is 23.0. The zero-order valence-corrected chi connectivity index (χ0v) is 13.9. The van der Waals surface area contributed by atoms with Gasteiger partial charge in [0.2, 0.25) is 0 Å². The number of hydrogen-bond acceptors (Lipinski definition) is 4. The molecule has 21 heavy (non-hydrogen) atoms. The fraction of sp³-hybridized carbons (Fsp3) is 0.625. The first-order chi connectivity index (χ1) is 9.77. The number of nitrogens with zero attached hydrogens (tertiary/aromatic N) is 1. The van der Waals surface area contributed by atoms with E-state index in [4.69, 9.17) is 0 Å². The van der Waals surface area contributed by atoms with Gasteiger partial charge in [0.25, 0.3) is 0 Å². The Kier molecular flexibility index (Phi) is 5.07. The van der Waals surface area contributed by atoms with Crippen molar-refractivity contribution in [2.24, 2.45) is 5.92 Å². The lowest BCUT2D eigenvalue weighted by molar-refractivity contribution is 0.119. The Morgan fingerprint density at radius 2 is 2.10 bits per heavy atom. The molecule has 0 saturated carbocycles. The Hall–Kier alpha value is -0.910. The minimum absolute atomic E-state index is 0.200. The highest BCUT2D eigenvalue weighted by molar-refractivity contribution is 7.91. The van der Waals surface area contributed by atoms with Crippen molar-refractivity contribution in [3.63, 3.8) is 0 Å². The summed E-state index contributed by atoms with van der Waals surface area (Å²) in [6.07, 6.45) is 0.208. The van der Waals surface area contributed by atoms with Gasteiger partial charge in [-0.25, -0.2) is 8.42 Å². The topological polar surface area (TPSA) is 57.6 Å². The number of sulfone groups is 1. The number of hydrogen-bond donors (Lipinski definition) is 1. The van der Waals surface area contributed by atoms with E-state index in [1.165, 1.54) is 0 Å². The normalized spacial score (nSPS) is 22.6. The summed E-state index contributed by atoms with van der Waals surface area (Å²) in [6, 6.07) is 6.09. The summed E-state index contributed by atoms with van der Waals surface area (Å²) in [5.41, 5.74) is 3.19. The largest absolute Gasteiger partial charge is 0.387 e. The Labute approximate surface area is 127 Å². The maximum Gasteiger partial charge on any atom is 0.150 e. The second-order valence-electron chi connectivity index (χ2n) is 6.37. The monoisotopic (exact) mass is 311 g/mol. The zero-order valence-electron chi connectivity index (χ0n) is 13.0. The number of aliphatic hydroxyl groups is 1. The molecule has 1 saturated heterocycles. The van der Waals surface area contributed by atoms with E-state index in [1.807, 2.05) is 44.0 Å². The number of likely N-dealkylation sites (N-methyl/N-ethyl adjacent to an activating group) is 1. The van der Waals surface area contributed by atoms with E-state index in [9.17, 15) is 13.5 Å². The quantitative estimate of drug-likeness (QED) is 0.899. The molecule has 0 spiro atoms. The van der Waals surface area contributed by atoms with Crippen LogP contribution in [0.1, 0.15) is 29.2 Å². The van der Waals surface area contributed by atoms with E-state index < -0.39 is 15.9 Å². The third-order valence-corrected chi connectivity index (χ3v) is 6.01. The lowest BCUT2D eigenvalue weighted by Crippen LogP contribution is -2.30. The van der Waals surface area contributed by atoms with E-state index in [-0.39, 0.29) is 11.7 Å². The maximum atomic E-state index is 11.5. The Bertz CT molecular complexity index is 598. The van der Waals surface area contributed by atoms with Crippen LogP contribution in [0.5, 0.6) is 0 Å². The summed E-state index contributed by atoms with van der Waals surface area (Å²) in [6.45, 7) is 5.27. The first-order valence-electron chi connectivity index (χ1n) is 7.41. The second-order valence-corrected chi connectivity index (χ2v) is 8.59. The molecular weight excluding hydrogens is 286 g/mol. The van der Waals surface area contributed by atoms with Crippen molar-refractivity contribution in [2.75, 3.05) is 31.6 Å². The molecule has 4 nitrogen and oxygen atoms in total. The molecule has 2 atom stereocenters. The number of benzene rings is 1. The van der Waals surface area contributed by atoms with Crippen LogP contribution in [0.25, 0.3) is 0 Å². The third kappa shape index (κ3) is 4.53. The van der Waals surface area contributed by atoms with Crippen LogP contribution in [0.4, 0.5) is 0 Å². The van der Waals surface area contributed by atoms with E-state index in [0.29, 0.717) is 12.3 Å². The van der Waals surface area contributed by atoms with Crippen molar-refractivity contribution in [1.29, 1.82) is 0 Å². The molecule has 118 valence electrons. The van der Waals surface area contributed by atoms with Gasteiger partial charge in [-0.05, 0) is 44.4 Å². The SMILES string of the molecule is Cc1ccc(C)c(C(O)CN(C)CC2CCS(=O)(=O)C2)c1. The van der Waals surface area contributed by atoms with Crippen molar-refractivity contribution in [1.82, 2.24) is 4.90 Å². The van der Waals surface area contributed by atoms with Gasteiger partial charge in [-0.3, -0.25) is 0 Å². The van der Waals surface area contributed by atoms with Gasteiger partial charge in [0.15, 0.2) is 9.84 Å². The van der Waals surface area contributed by atoms with Crippen LogP contribution < -0.4 is 0 Å². The van der Waals surface area contributed by atoms with E-state index in [0.717, 1.165) is 29.7 Å². The number of aryl methyl sites for hydroxylation is 2. The molecule has 1 aromatic rings. The molecule has 0 aromatic heterocycles. The van der Waals surface area contributed by atoms with Gasteiger partial charge in [0.1, 0.15) is 0 Å². The van der Waals surface area contributed by atoms with Crippen molar-refractivity contribution in [3.05, 3.63) is 34.9 Å². The minimum Gasteiger partial charge on any atom is -0.387 e. The number of rotatable bonds is 5. The molecule has 1 fully saturated rings. The van der Waals surface area contributed by atoms with Gasteiger partial charge < -0.3 is 10.0 Å². The van der Waals surface area contributed by atoms with Crippen LogP contribution in [0.3, 0.4) is 0 Å². The Morgan fingerprint density at radius 1 is 1.38 bits per heavy atom. The molecule has 0 amide bonds. The predicted molar refractivity (Wildman–Crippen MR) is 85.1 cm³/mol. The Morgan fingerprint density at radius 3 is 2.71 bits per heavy atom. The minimum atomic E-state index is -2.82. The predicted octanol–water partition coefficient (Wildman–Crippen LogP) is 1.70. The van der Waals surface area contributed by atoms with E-state index in [2.05, 4.69) is 0 Å². The van der Waals surface area contributed by atoms with Gasteiger partial charge in [-0.2, -0.15) is 0 Å². The van der Waals surface area contributed by atoms with Crippen molar-refractivity contribution < 1.29 is 13.5 Å². The smallest absolute Gasteiger partial charge is 0.150 e. The lowest BCUT2D eigenvalue weighted by Gasteiger charge is -2.24. The second kappa shape index (κ2) is 6.46. The van der Waals surface area contributed by atoms with Crippen LogP contribution in [0.15, 0.2) is 18.2 Å². The van der Waals surface area contributed by atoms with Gasteiger partial charge >= 0.3 is 0 Å². The molecule has 2 rings (SSSR count). The van der Waals surface area contributed by atoms with Gasteiger partial charge in [-0.1, -0.05) is 23.8 Å². The maximum absolute atomic E-state index is 11.5. The number of aliphatic hydroxyl groups excluding tert-OH is 1. The summed E-state index contributed by atoms with van der Waals surface area (Å²) in [7, 11) is -0.879. The molecule has 1 aliphatic rings. The summed E-state index contributed by atoms with van der Waals surface area (Å²) >= 11 is 0. The molecule has 0 bridgehead atoms. The van der Waals surface area contributed by atoms with Crippen LogP contribution in [0, 0.1) is 19.8 Å². The average molecular weight is 311 g/mol. The third-order valence-electron chi connectivity index (χ3n) is 4.17. The molecule has 0 aliphatic carbocycles. The van der Waals surface area contributed by atoms with Gasteiger partial charge in [0.05, 0.1) is 17.6 Å². The van der Waals surface area contributed by atoms with Crippen LogP contribution >= 0.6 is 0 Å². The fourth-order valence-corrected chi connectivity index (χ4v) is 4.89. The van der Waals surface area contributed by atoms with Crippen LogP contribution in [-0.4, -0.2) is 50.1 Å². The van der Waals surface area contributed by atoms with E-state index >= 15 is 0 Å². The van der Waals surface area contributed by atoms with Crippen molar-refractivity contribution in [3.8, 4) is 0 Å². The van der Waals surface area contributed by atoms with Gasteiger partial charge in [0, 0.05) is 13.1 Å². The Balaban J connectivity index is 1.93. The van der Waals surface area contributed by atoms with E-state index in [1.54, 1.807) is 0 Å². The fourth-order valence-electron chi connectivity index (χ4n) is 3.04. The van der Waals surface area contributed by atoms with Crippen molar-refractivity contribution in [2.45, 2.75) is 26.4 Å². The standard InChI is InChI=1S/C16H25NO3S/c1-12-4-5-13(2)15(8-12)16(18)10-17(3)9-14-6-7-21(19,20)11-14/h4-5,8,14,16,18H,6-7,9-11H2,1-3H3.